The van der Waals surface area contributed by atoms with E-state index < -0.39 is 21.9 Å². The number of likely N-dealkylation sites (tertiary alicyclic amines) is 1. The van der Waals surface area contributed by atoms with Gasteiger partial charge >= 0.3 is 10.2 Å². The van der Waals surface area contributed by atoms with E-state index in [2.05, 4.69) is 4.72 Å². The van der Waals surface area contributed by atoms with Gasteiger partial charge in [0, 0.05) is 31.8 Å². The maximum Gasteiger partial charge on any atom is 0.301 e. The smallest absolute Gasteiger partial charge is 0.301 e. The summed E-state index contributed by atoms with van der Waals surface area (Å²) < 4.78 is 53.0. The lowest BCUT2D eigenvalue weighted by molar-refractivity contribution is -0.228. The molecule has 0 radical (unpaired) electrons. The quantitative estimate of drug-likeness (QED) is 0.582. The molecule has 3 heterocycles. The molecule has 10 nitrogen and oxygen atoms in total. The number of nitrogens with zero attached hydrogens (tertiary/aromatic N) is 2. The zero-order chi connectivity index (χ0) is 26.2. The number of carbonyl (C=O) groups is 1. The molecule has 0 bridgehead atoms. The highest BCUT2D eigenvalue weighted by Crippen LogP contribution is 2.29. The molecule has 2 atom stereocenters. The average molecular weight is 532 g/mol. The Labute approximate surface area is 217 Å². The second kappa shape index (κ2) is 10.2. The molecule has 1 amide bonds. The molecule has 0 saturated carbocycles. The number of methoxy groups -OCH3 is 1. The Morgan fingerprint density at radius 2 is 1.89 bits per heavy atom. The molecule has 0 aliphatic carbocycles. The van der Waals surface area contributed by atoms with E-state index in [1.165, 1.54) is 4.31 Å². The second-order valence-electron chi connectivity index (χ2n) is 9.95. The minimum absolute atomic E-state index is 0.0593. The molecule has 200 valence electrons. The number of carbonyl (C=O) groups excluding carboxylic acids is 1. The minimum atomic E-state index is -3.79. The van der Waals surface area contributed by atoms with Crippen LogP contribution in [0.1, 0.15) is 21.5 Å². The lowest BCUT2D eigenvalue weighted by atomic mass is 10.0. The van der Waals surface area contributed by atoms with Crippen LogP contribution in [0.3, 0.4) is 0 Å². The van der Waals surface area contributed by atoms with Crippen LogP contribution in [0.15, 0.2) is 42.5 Å². The van der Waals surface area contributed by atoms with Crippen molar-refractivity contribution >= 4 is 21.8 Å². The van der Waals surface area contributed by atoms with Gasteiger partial charge in [0.1, 0.15) is 23.6 Å². The van der Waals surface area contributed by atoms with Gasteiger partial charge < -0.3 is 23.8 Å². The van der Waals surface area contributed by atoms with Crippen LogP contribution in [0, 0.1) is 13.8 Å². The molecule has 3 saturated heterocycles. The van der Waals surface area contributed by atoms with E-state index in [1.807, 2.05) is 32.0 Å². The number of hydrogen-bond donors (Lipinski definition) is 1. The predicted octanol–water partition coefficient (Wildman–Crippen LogP) is 1.98. The fourth-order valence-corrected chi connectivity index (χ4v) is 6.20. The molecular weight excluding hydrogens is 498 g/mol. The van der Waals surface area contributed by atoms with E-state index in [9.17, 15) is 13.2 Å². The van der Waals surface area contributed by atoms with E-state index in [0.717, 1.165) is 11.1 Å². The molecule has 0 aromatic heterocycles. The molecule has 3 aliphatic rings. The standard InChI is InChI=1S/C26H33N3O7S/c1-18-7-8-19(2)22(11-18)25(30)28-13-23(33-3)24(14-28)36-21-6-4-5-20(12-21)27-37(31,32)29-9-10-35-26(15-29)16-34-17-26/h4-8,11-12,23-24,27H,9-10,13-17H2,1-3H3/t23-,24-/m1/s1. The number of rotatable bonds is 7. The highest BCUT2D eigenvalue weighted by Gasteiger charge is 2.46. The Balaban J connectivity index is 1.25. The summed E-state index contributed by atoms with van der Waals surface area (Å²) in [6.07, 6.45) is -0.715. The lowest BCUT2D eigenvalue weighted by Gasteiger charge is -2.46. The Morgan fingerprint density at radius 1 is 1.11 bits per heavy atom. The molecule has 2 aromatic rings. The number of benzene rings is 2. The average Bonchev–Trinajstić information content (AvgIpc) is 3.27. The van der Waals surface area contributed by atoms with Crippen molar-refractivity contribution in [3.8, 4) is 5.75 Å². The van der Waals surface area contributed by atoms with Crippen molar-refractivity contribution in [1.82, 2.24) is 9.21 Å². The van der Waals surface area contributed by atoms with Crippen molar-refractivity contribution in [2.24, 2.45) is 0 Å². The van der Waals surface area contributed by atoms with Crippen LogP contribution in [0.2, 0.25) is 0 Å². The summed E-state index contributed by atoms with van der Waals surface area (Å²) in [7, 11) is -2.19. The predicted molar refractivity (Wildman–Crippen MR) is 137 cm³/mol. The van der Waals surface area contributed by atoms with Gasteiger partial charge in [-0.15, -0.1) is 0 Å². The number of nitrogens with one attached hydrogen (secondary N) is 1. The zero-order valence-corrected chi connectivity index (χ0v) is 22.1. The van der Waals surface area contributed by atoms with Crippen molar-refractivity contribution in [3.05, 3.63) is 59.2 Å². The third-order valence-corrected chi connectivity index (χ3v) is 8.57. The van der Waals surface area contributed by atoms with Gasteiger partial charge in [-0.05, 0) is 37.6 Å². The maximum absolute atomic E-state index is 13.2. The first kappa shape index (κ1) is 25.9. The third-order valence-electron chi connectivity index (χ3n) is 7.08. The van der Waals surface area contributed by atoms with E-state index in [1.54, 1.807) is 36.3 Å². The number of ether oxygens (including phenoxy) is 4. The van der Waals surface area contributed by atoms with Gasteiger partial charge in [0.25, 0.3) is 5.91 Å². The fraction of sp³-hybridized carbons (Fsp3) is 0.500. The second-order valence-corrected chi connectivity index (χ2v) is 11.6. The number of anilines is 1. The molecule has 5 rings (SSSR count). The Bertz CT molecular complexity index is 1260. The van der Waals surface area contributed by atoms with Crippen molar-refractivity contribution in [2.45, 2.75) is 31.7 Å². The normalized spacial score (nSPS) is 23.6. The van der Waals surface area contributed by atoms with E-state index >= 15 is 0 Å². The summed E-state index contributed by atoms with van der Waals surface area (Å²) in [5, 5.41) is 0. The van der Waals surface area contributed by atoms with E-state index in [0.29, 0.717) is 49.9 Å². The highest BCUT2D eigenvalue weighted by atomic mass is 32.2. The first-order valence-corrected chi connectivity index (χ1v) is 13.8. The molecular formula is C26H33N3O7S. The SMILES string of the molecule is CO[C@@H]1CN(C(=O)c2cc(C)ccc2C)C[C@H]1Oc1cccc(NS(=O)(=O)N2CCOC3(COC3)C2)c1. The fourth-order valence-electron chi connectivity index (χ4n) is 4.93. The van der Waals surface area contributed by atoms with Crippen LogP contribution in [0.4, 0.5) is 5.69 Å². The lowest BCUT2D eigenvalue weighted by Crippen LogP contribution is -2.64. The Morgan fingerprint density at radius 3 is 2.62 bits per heavy atom. The van der Waals surface area contributed by atoms with Crippen molar-refractivity contribution < 1.29 is 32.2 Å². The topological polar surface area (TPSA) is 107 Å². The monoisotopic (exact) mass is 531 g/mol. The summed E-state index contributed by atoms with van der Waals surface area (Å²) >= 11 is 0. The van der Waals surface area contributed by atoms with Gasteiger partial charge in [0.05, 0.1) is 38.6 Å². The summed E-state index contributed by atoms with van der Waals surface area (Å²) in [5.74, 6) is 0.426. The number of morpholine rings is 1. The molecule has 1 spiro atoms. The number of aryl methyl sites for hydroxylation is 2. The highest BCUT2D eigenvalue weighted by molar-refractivity contribution is 7.90. The maximum atomic E-state index is 13.2. The molecule has 2 aromatic carbocycles. The van der Waals surface area contributed by atoms with Crippen LogP contribution in [-0.2, 0) is 24.4 Å². The van der Waals surface area contributed by atoms with Crippen LogP contribution >= 0.6 is 0 Å². The molecule has 3 aliphatic heterocycles. The van der Waals surface area contributed by atoms with Crippen LogP contribution < -0.4 is 9.46 Å². The molecule has 0 unspecified atom stereocenters. The molecule has 11 heteroatoms. The summed E-state index contributed by atoms with van der Waals surface area (Å²) in [4.78, 5) is 15.0. The Kier molecular flexibility index (Phi) is 7.16. The van der Waals surface area contributed by atoms with Crippen molar-refractivity contribution in [3.63, 3.8) is 0 Å². The molecule has 1 N–H and O–H groups in total. The Hall–Kier alpha value is -2.70. The minimum Gasteiger partial charge on any atom is -0.486 e. The summed E-state index contributed by atoms with van der Waals surface area (Å²) in [6, 6.07) is 12.6. The van der Waals surface area contributed by atoms with Gasteiger partial charge in [-0.2, -0.15) is 12.7 Å². The van der Waals surface area contributed by atoms with Crippen molar-refractivity contribution in [2.75, 3.05) is 57.8 Å². The molecule has 3 fully saturated rings. The van der Waals surface area contributed by atoms with Gasteiger partial charge in [-0.25, -0.2) is 0 Å². The number of hydrogen-bond acceptors (Lipinski definition) is 7. The van der Waals surface area contributed by atoms with Crippen LogP contribution in [-0.4, -0.2) is 94.4 Å². The zero-order valence-electron chi connectivity index (χ0n) is 21.3. The van der Waals surface area contributed by atoms with Crippen molar-refractivity contribution in [1.29, 1.82) is 0 Å². The van der Waals surface area contributed by atoms with E-state index in [4.69, 9.17) is 18.9 Å². The van der Waals surface area contributed by atoms with Gasteiger partial charge in [-0.1, -0.05) is 23.8 Å². The van der Waals surface area contributed by atoms with Gasteiger partial charge in [-0.3, -0.25) is 9.52 Å². The third kappa shape index (κ3) is 5.46. The summed E-state index contributed by atoms with van der Waals surface area (Å²) in [6.45, 7) is 6.29. The first-order valence-electron chi connectivity index (χ1n) is 12.3. The first-order chi connectivity index (χ1) is 17.7. The van der Waals surface area contributed by atoms with Crippen LogP contribution in [0.5, 0.6) is 5.75 Å². The summed E-state index contributed by atoms with van der Waals surface area (Å²) in [5.41, 5.74) is 2.46. The van der Waals surface area contributed by atoms with Crippen LogP contribution in [0.25, 0.3) is 0 Å². The van der Waals surface area contributed by atoms with E-state index in [-0.39, 0.29) is 25.1 Å². The van der Waals surface area contributed by atoms with Gasteiger partial charge in [0.15, 0.2) is 0 Å². The molecule has 37 heavy (non-hydrogen) atoms. The largest absolute Gasteiger partial charge is 0.486 e. The van der Waals surface area contributed by atoms with Gasteiger partial charge in [0.2, 0.25) is 0 Å². The number of amides is 1.